The van der Waals surface area contributed by atoms with Gasteiger partial charge in [-0.1, -0.05) is 30.3 Å². The van der Waals surface area contributed by atoms with Gasteiger partial charge in [-0.05, 0) is 48.6 Å². The summed E-state index contributed by atoms with van der Waals surface area (Å²) in [6, 6.07) is 16.3. The molecule has 2 saturated heterocycles. The van der Waals surface area contributed by atoms with Crippen LogP contribution in [-0.2, 0) is 14.3 Å². The summed E-state index contributed by atoms with van der Waals surface area (Å²) >= 11 is 0. The fourth-order valence-corrected chi connectivity index (χ4v) is 5.75. The molecular weight excluding hydrogens is 470 g/mol. The molecule has 8 heteroatoms. The monoisotopic (exact) mass is 501 g/mol. The van der Waals surface area contributed by atoms with Crippen molar-refractivity contribution >= 4 is 28.6 Å². The number of carbonyl (C=O) groups is 2. The molecule has 8 nitrogen and oxygen atoms in total. The Morgan fingerprint density at radius 1 is 1.11 bits per heavy atom. The second-order valence-corrected chi connectivity index (χ2v) is 10.4. The Kier molecular flexibility index (Phi) is 6.09. The van der Waals surface area contributed by atoms with Crippen LogP contribution in [0.3, 0.4) is 0 Å². The lowest BCUT2D eigenvalue weighted by Gasteiger charge is -2.30. The summed E-state index contributed by atoms with van der Waals surface area (Å²) in [5, 5.41) is 10.8. The number of furan rings is 1. The molecule has 3 aliphatic heterocycles. The molecule has 0 saturated carbocycles. The van der Waals surface area contributed by atoms with Crippen molar-refractivity contribution in [3.05, 3.63) is 60.4 Å². The Morgan fingerprint density at radius 2 is 1.84 bits per heavy atom. The minimum atomic E-state index is -1.01. The zero-order valence-electron chi connectivity index (χ0n) is 20.9. The van der Waals surface area contributed by atoms with E-state index in [4.69, 9.17) is 14.1 Å². The minimum absolute atomic E-state index is 0.0283. The maximum atomic E-state index is 13.8. The molecule has 192 valence electrons. The smallest absolute Gasteiger partial charge is 0.256 e. The largest absolute Gasteiger partial charge is 0.464 e. The van der Waals surface area contributed by atoms with Gasteiger partial charge in [0, 0.05) is 56.6 Å². The van der Waals surface area contributed by atoms with E-state index >= 15 is 0 Å². The van der Waals surface area contributed by atoms with E-state index in [-0.39, 0.29) is 17.7 Å². The van der Waals surface area contributed by atoms with E-state index in [0.29, 0.717) is 51.5 Å². The number of carbonyl (C=O) groups excluding carboxylic acids is 2. The Hall–Kier alpha value is -3.49. The number of rotatable bonds is 5. The van der Waals surface area contributed by atoms with Gasteiger partial charge in [-0.3, -0.25) is 19.5 Å². The van der Waals surface area contributed by atoms with Gasteiger partial charge in [0.25, 0.3) is 11.8 Å². The van der Waals surface area contributed by atoms with Crippen molar-refractivity contribution in [2.24, 2.45) is 10.9 Å². The Bertz CT molecular complexity index is 1350. The lowest BCUT2D eigenvalue weighted by atomic mass is 9.90. The highest BCUT2D eigenvalue weighted by Gasteiger charge is 2.50. The van der Waals surface area contributed by atoms with Crippen LogP contribution in [0.1, 0.15) is 31.7 Å². The summed E-state index contributed by atoms with van der Waals surface area (Å²) in [7, 11) is 0. The van der Waals surface area contributed by atoms with E-state index in [1.165, 1.54) is 6.92 Å². The fourth-order valence-electron chi connectivity index (χ4n) is 5.75. The minimum Gasteiger partial charge on any atom is -0.464 e. The van der Waals surface area contributed by atoms with Crippen molar-refractivity contribution in [2.45, 2.75) is 37.8 Å². The van der Waals surface area contributed by atoms with Crippen LogP contribution >= 0.6 is 0 Å². The normalized spacial score (nSPS) is 22.2. The molecule has 0 radical (unpaired) electrons. The van der Waals surface area contributed by atoms with Gasteiger partial charge in [0.2, 0.25) is 0 Å². The zero-order chi connectivity index (χ0) is 25.6. The van der Waals surface area contributed by atoms with E-state index in [1.54, 1.807) is 11.2 Å². The van der Waals surface area contributed by atoms with E-state index in [9.17, 15) is 14.7 Å². The predicted octanol–water partition coefficient (Wildman–Crippen LogP) is 3.47. The number of hydrogen-bond donors (Lipinski definition) is 1. The third-order valence-corrected chi connectivity index (χ3v) is 7.86. The second-order valence-electron chi connectivity index (χ2n) is 10.4. The van der Waals surface area contributed by atoms with Crippen LogP contribution in [-0.4, -0.2) is 77.0 Å². The number of amides is 2. The number of amidine groups is 1. The van der Waals surface area contributed by atoms with Gasteiger partial charge in [0.05, 0.1) is 6.26 Å². The maximum absolute atomic E-state index is 13.8. The van der Waals surface area contributed by atoms with Crippen molar-refractivity contribution in [1.82, 2.24) is 9.80 Å². The van der Waals surface area contributed by atoms with Crippen LogP contribution in [0.2, 0.25) is 0 Å². The fraction of sp³-hybridized carbons (Fsp3) is 0.414. The number of benzene rings is 2. The molecule has 37 heavy (non-hydrogen) atoms. The molecule has 6 rings (SSSR count). The van der Waals surface area contributed by atoms with Crippen molar-refractivity contribution in [2.75, 3.05) is 32.8 Å². The lowest BCUT2D eigenvalue weighted by Crippen LogP contribution is -2.47. The molecule has 2 fully saturated rings. The molecule has 3 aromatic rings. The molecule has 4 heterocycles. The molecule has 2 unspecified atom stereocenters. The third-order valence-electron chi connectivity index (χ3n) is 7.86. The van der Waals surface area contributed by atoms with Crippen LogP contribution in [0.15, 0.2) is 64.2 Å². The van der Waals surface area contributed by atoms with Crippen LogP contribution in [0.4, 0.5) is 0 Å². The van der Waals surface area contributed by atoms with Gasteiger partial charge in [-0.2, -0.15) is 0 Å². The zero-order valence-corrected chi connectivity index (χ0v) is 20.9. The average molecular weight is 502 g/mol. The number of aliphatic hydroxyl groups excluding tert-OH is 1. The van der Waals surface area contributed by atoms with Crippen LogP contribution in [0.5, 0.6) is 0 Å². The highest BCUT2D eigenvalue weighted by Crippen LogP contribution is 2.36. The third kappa shape index (κ3) is 4.34. The highest BCUT2D eigenvalue weighted by atomic mass is 16.5. The lowest BCUT2D eigenvalue weighted by molar-refractivity contribution is -0.138. The van der Waals surface area contributed by atoms with Crippen molar-refractivity contribution in [1.29, 1.82) is 0 Å². The van der Waals surface area contributed by atoms with Crippen molar-refractivity contribution < 1.29 is 23.8 Å². The highest BCUT2D eigenvalue weighted by molar-refractivity contribution is 6.15. The van der Waals surface area contributed by atoms with Gasteiger partial charge in [-0.15, -0.1) is 0 Å². The number of fused-ring (bicyclic) bond motifs is 1. The average Bonchev–Trinajstić information content (AvgIpc) is 3.64. The molecule has 2 atom stereocenters. The van der Waals surface area contributed by atoms with Crippen LogP contribution in [0.25, 0.3) is 22.1 Å². The van der Waals surface area contributed by atoms with Gasteiger partial charge in [-0.25, -0.2) is 0 Å². The number of aliphatic hydroxyl groups is 1. The summed E-state index contributed by atoms with van der Waals surface area (Å²) in [4.78, 5) is 34.7. The number of aliphatic imine (C=N–C) groups is 1. The molecule has 2 aromatic carbocycles. The maximum Gasteiger partial charge on any atom is 0.256 e. The molecule has 0 bridgehead atoms. The quantitative estimate of drug-likeness (QED) is 0.578. The number of hydrogen-bond acceptors (Lipinski definition) is 6. The first kappa shape index (κ1) is 23.9. The first-order chi connectivity index (χ1) is 17.9. The molecule has 1 N–H and O–H groups in total. The number of nitrogens with zero attached hydrogens (tertiary/aromatic N) is 3. The van der Waals surface area contributed by atoms with Crippen LogP contribution in [0, 0.1) is 5.92 Å². The van der Waals surface area contributed by atoms with E-state index in [2.05, 4.69) is 18.2 Å². The molecule has 1 spiro atoms. The predicted molar refractivity (Wildman–Crippen MR) is 139 cm³/mol. The Morgan fingerprint density at radius 3 is 2.59 bits per heavy atom. The summed E-state index contributed by atoms with van der Waals surface area (Å²) in [6.45, 7) is 4.17. The van der Waals surface area contributed by atoms with E-state index in [1.807, 2.05) is 35.2 Å². The number of likely N-dealkylation sites (tertiary alicyclic amines) is 1. The molecular formula is C29H31N3O5. The number of ether oxygens (including phenoxy) is 1. The summed E-state index contributed by atoms with van der Waals surface area (Å²) < 4.78 is 11.0. The standard InChI is InChI=1S/C29H31N3O5/c1-19(33)27(34)31-12-8-20(17-31)18-32-26(30-29(28(32)35)10-14-36-15-11-29)22-4-2-21(3-5-22)23-6-7-25-24(16-23)9-13-37-25/h2-7,9,13,16,19-20,33H,8,10-12,14-15,17-18H2,1H3. The Balaban J connectivity index is 1.27. The molecule has 2 amide bonds. The van der Waals surface area contributed by atoms with Crippen LogP contribution < -0.4 is 0 Å². The summed E-state index contributed by atoms with van der Waals surface area (Å²) in [5.41, 5.74) is 3.16. The van der Waals surface area contributed by atoms with Crippen molar-refractivity contribution in [3.8, 4) is 11.1 Å². The summed E-state index contributed by atoms with van der Waals surface area (Å²) in [5.74, 6) is 0.603. The van der Waals surface area contributed by atoms with E-state index < -0.39 is 11.6 Å². The first-order valence-electron chi connectivity index (χ1n) is 13.0. The second kappa shape index (κ2) is 9.43. The SMILES string of the molecule is CC(O)C(=O)N1CCC(CN2C(=O)C3(CCOCC3)N=C2c2ccc(-c3ccc4occc4c3)cc2)C1. The van der Waals surface area contributed by atoms with Gasteiger partial charge >= 0.3 is 0 Å². The van der Waals surface area contributed by atoms with E-state index in [0.717, 1.165) is 34.1 Å². The Labute approximate surface area is 215 Å². The van der Waals surface area contributed by atoms with Gasteiger partial charge < -0.3 is 19.2 Å². The molecule has 0 aliphatic carbocycles. The molecule has 1 aromatic heterocycles. The molecule has 3 aliphatic rings. The van der Waals surface area contributed by atoms with Gasteiger partial charge in [0.1, 0.15) is 23.1 Å². The first-order valence-corrected chi connectivity index (χ1v) is 13.0. The summed E-state index contributed by atoms with van der Waals surface area (Å²) in [6.07, 6.45) is 2.62. The van der Waals surface area contributed by atoms with Crippen molar-refractivity contribution in [3.63, 3.8) is 0 Å². The van der Waals surface area contributed by atoms with Gasteiger partial charge in [0.15, 0.2) is 0 Å². The topological polar surface area (TPSA) is 95.6 Å².